The monoisotopic (exact) mass is 332 g/mol. The summed E-state index contributed by atoms with van der Waals surface area (Å²) in [5.41, 5.74) is 0.320. The van der Waals surface area contributed by atoms with E-state index in [0.717, 1.165) is 24.2 Å². The minimum absolute atomic E-state index is 0.0926. The van der Waals surface area contributed by atoms with E-state index in [1.165, 1.54) is 0 Å². The Morgan fingerprint density at radius 3 is 2.92 bits per heavy atom. The molecule has 3 rings (SSSR count). The Labute approximate surface area is 141 Å². The molecule has 1 saturated heterocycles. The van der Waals surface area contributed by atoms with Gasteiger partial charge in [-0.25, -0.2) is 4.79 Å². The zero-order valence-corrected chi connectivity index (χ0v) is 14.0. The Bertz CT molecular complexity index is 633. The van der Waals surface area contributed by atoms with Crippen molar-refractivity contribution in [2.24, 2.45) is 11.3 Å². The van der Waals surface area contributed by atoms with Gasteiger partial charge in [0.05, 0.1) is 12.5 Å². The van der Waals surface area contributed by atoms with E-state index in [-0.39, 0.29) is 11.9 Å². The van der Waals surface area contributed by atoms with Gasteiger partial charge in [-0.05, 0) is 36.8 Å². The van der Waals surface area contributed by atoms with Gasteiger partial charge in [-0.15, -0.1) is 0 Å². The number of urea groups is 1. The minimum Gasteiger partial charge on any atom is -0.496 e. The summed E-state index contributed by atoms with van der Waals surface area (Å²) in [5, 5.41) is 12.5. The number of nitrogens with one attached hydrogen (secondary N) is 1. The fourth-order valence-corrected chi connectivity index (χ4v) is 4.12. The molecule has 2 atom stereocenters. The van der Waals surface area contributed by atoms with Gasteiger partial charge in [-0.3, -0.25) is 4.79 Å². The quantitative estimate of drug-likeness (QED) is 0.866. The molecule has 0 unspecified atom stereocenters. The Morgan fingerprint density at radius 1 is 1.42 bits per heavy atom. The standard InChI is InChI=1S/C18H24N2O4/c1-24-15-7-3-2-5-13(15)8-10-19-17(23)20-11-14-6-4-9-18(14,12-20)16(21)22/h2-3,5,7,14H,4,6,8-12H2,1H3,(H,19,23)(H,21,22)/t14-,18+/m0/s1. The molecule has 0 bridgehead atoms. The minimum atomic E-state index is -0.755. The molecule has 2 aliphatic rings. The Hall–Kier alpha value is -2.24. The molecular formula is C18H24N2O4. The maximum Gasteiger partial charge on any atom is 0.317 e. The second-order valence-electron chi connectivity index (χ2n) is 6.72. The third-order valence-electron chi connectivity index (χ3n) is 5.45. The van der Waals surface area contributed by atoms with Crippen LogP contribution in [0.3, 0.4) is 0 Å². The molecule has 1 heterocycles. The highest BCUT2D eigenvalue weighted by Crippen LogP contribution is 2.48. The molecule has 24 heavy (non-hydrogen) atoms. The van der Waals surface area contributed by atoms with E-state index < -0.39 is 11.4 Å². The third-order valence-corrected chi connectivity index (χ3v) is 5.45. The van der Waals surface area contributed by atoms with E-state index in [1.54, 1.807) is 12.0 Å². The number of methoxy groups -OCH3 is 1. The normalized spacial score (nSPS) is 25.4. The highest BCUT2D eigenvalue weighted by Gasteiger charge is 2.55. The molecule has 1 aromatic carbocycles. The molecule has 2 amide bonds. The Kier molecular flexibility index (Phi) is 4.64. The van der Waals surface area contributed by atoms with E-state index in [4.69, 9.17) is 4.74 Å². The van der Waals surface area contributed by atoms with Crippen LogP contribution < -0.4 is 10.1 Å². The van der Waals surface area contributed by atoms with Gasteiger partial charge in [0.15, 0.2) is 0 Å². The fourth-order valence-electron chi connectivity index (χ4n) is 4.12. The van der Waals surface area contributed by atoms with E-state index >= 15 is 0 Å². The van der Waals surface area contributed by atoms with Crippen LogP contribution >= 0.6 is 0 Å². The number of likely N-dealkylation sites (tertiary alicyclic amines) is 1. The number of hydrogen-bond acceptors (Lipinski definition) is 3. The lowest BCUT2D eigenvalue weighted by atomic mass is 9.81. The first-order chi connectivity index (χ1) is 11.6. The maximum atomic E-state index is 12.4. The number of aliphatic carboxylic acids is 1. The van der Waals surface area contributed by atoms with Crippen LogP contribution in [0, 0.1) is 11.3 Å². The SMILES string of the molecule is COc1ccccc1CCNC(=O)N1C[C@@H]2CCC[C@@]2(C(=O)O)C1. The lowest BCUT2D eigenvalue weighted by molar-refractivity contribution is -0.149. The van der Waals surface area contributed by atoms with E-state index in [9.17, 15) is 14.7 Å². The van der Waals surface area contributed by atoms with Crippen molar-refractivity contribution in [1.82, 2.24) is 10.2 Å². The van der Waals surface area contributed by atoms with E-state index in [0.29, 0.717) is 32.5 Å². The zero-order valence-electron chi connectivity index (χ0n) is 14.0. The molecule has 6 nitrogen and oxygen atoms in total. The molecule has 1 aromatic rings. The third kappa shape index (κ3) is 2.92. The van der Waals surface area contributed by atoms with Crippen LogP contribution in [0.25, 0.3) is 0 Å². The summed E-state index contributed by atoms with van der Waals surface area (Å²) in [6.45, 7) is 1.38. The number of rotatable bonds is 5. The highest BCUT2D eigenvalue weighted by molar-refractivity contribution is 5.80. The smallest absolute Gasteiger partial charge is 0.317 e. The second-order valence-corrected chi connectivity index (χ2v) is 6.72. The molecule has 1 aliphatic heterocycles. The van der Waals surface area contributed by atoms with Gasteiger partial charge < -0.3 is 20.1 Å². The molecule has 130 valence electrons. The average Bonchev–Trinajstić information content (AvgIpc) is 3.13. The maximum absolute atomic E-state index is 12.4. The first kappa shape index (κ1) is 16.6. The number of ether oxygens (including phenoxy) is 1. The van der Waals surface area contributed by atoms with Crippen molar-refractivity contribution in [3.8, 4) is 5.75 Å². The summed E-state index contributed by atoms with van der Waals surface area (Å²) in [4.78, 5) is 25.7. The Morgan fingerprint density at radius 2 is 2.21 bits per heavy atom. The van der Waals surface area contributed by atoms with Crippen LogP contribution in [0.1, 0.15) is 24.8 Å². The lowest BCUT2D eigenvalue weighted by Crippen LogP contribution is -2.42. The van der Waals surface area contributed by atoms with Gasteiger partial charge in [0.1, 0.15) is 5.75 Å². The van der Waals surface area contributed by atoms with Crippen LogP contribution in [0.15, 0.2) is 24.3 Å². The van der Waals surface area contributed by atoms with Gasteiger partial charge >= 0.3 is 12.0 Å². The van der Waals surface area contributed by atoms with Gasteiger partial charge in [-0.1, -0.05) is 24.6 Å². The lowest BCUT2D eigenvalue weighted by Gasteiger charge is -2.23. The summed E-state index contributed by atoms with van der Waals surface area (Å²) >= 11 is 0. The number of fused-ring (bicyclic) bond motifs is 1. The van der Waals surface area contributed by atoms with Crippen molar-refractivity contribution in [2.45, 2.75) is 25.7 Å². The van der Waals surface area contributed by atoms with Gasteiger partial charge in [0, 0.05) is 19.6 Å². The summed E-state index contributed by atoms with van der Waals surface area (Å²) in [7, 11) is 1.63. The van der Waals surface area contributed by atoms with Crippen molar-refractivity contribution in [3.63, 3.8) is 0 Å². The molecule has 2 fully saturated rings. The van der Waals surface area contributed by atoms with Crippen molar-refractivity contribution in [2.75, 3.05) is 26.7 Å². The molecule has 1 saturated carbocycles. The molecule has 1 aliphatic carbocycles. The number of nitrogens with zero attached hydrogens (tertiary/aromatic N) is 1. The molecule has 2 N–H and O–H groups in total. The molecule has 0 radical (unpaired) electrons. The predicted octanol–water partition coefficient (Wildman–Crippen LogP) is 2.13. The molecule has 0 spiro atoms. The summed E-state index contributed by atoms with van der Waals surface area (Å²) in [6.07, 6.45) is 3.20. The number of carboxylic acids is 1. The summed E-state index contributed by atoms with van der Waals surface area (Å²) in [6, 6.07) is 7.56. The molecule has 6 heteroatoms. The first-order valence-corrected chi connectivity index (χ1v) is 8.45. The number of carbonyl (C=O) groups is 2. The summed E-state index contributed by atoms with van der Waals surface area (Å²) in [5.74, 6) is 0.150. The van der Waals surface area contributed by atoms with Crippen molar-refractivity contribution in [1.29, 1.82) is 0 Å². The second kappa shape index (κ2) is 6.71. The average molecular weight is 332 g/mol. The number of hydrogen-bond donors (Lipinski definition) is 2. The van der Waals surface area contributed by atoms with Gasteiger partial charge in [0.2, 0.25) is 0 Å². The number of para-hydroxylation sites is 1. The first-order valence-electron chi connectivity index (χ1n) is 8.45. The van der Waals surface area contributed by atoms with Crippen LogP contribution in [-0.4, -0.2) is 48.8 Å². The van der Waals surface area contributed by atoms with Crippen molar-refractivity contribution < 1.29 is 19.4 Å². The van der Waals surface area contributed by atoms with E-state index in [2.05, 4.69) is 5.32 Å². The van der Waals surface area contributed by atoms with Gasteiger partial charge in [-0.2, -0.15) is 0 Å². The van der Waals surface area contributed by atoms with Crippen molar-refractivity contribution in [3.05, 3.63) is 29.8 Å². The van der Waals surface area contributed by atoms with Crippen LogP contribution in [0.5, 0.6) is 5.75 Å². The largest absolute Gasteiger partial charge is 0.496 e. The predicted molar refractivity (Wildman–Crippen MR) is 89.1 cm³/mol. The molecular weight excluding hydrogens is 308 g/mol. The van der Waals surface area contributed by atoms with E-state index in [1.807, 2.05) is 24.3 Å². The number of benzene rings is 1. The molecule has 0 aromatic heterocycles. The van der Waals surface area contributed by atoms with Crippen LogP contribution in [0.4, 0.5) is 4.79 Å². The fraction of sp³-hybridized carbons (Fsp3) is 0.556. The van der Waals surface area contributed by atoms with Crippen molar-refractivity contribution >= 4 is 12.0 Å². The number of carboxylic acid groups (broad SMARTS) is 1. The van der Waals surface area contributed by atoms with Crippen LogP contribution in [0.2, 0.25) is 0 Å². The highest BCUT2D eigenvalue weighted by atomic mass is 16.5. The zero-order chi connectivity index (χ0) is 17.2. The topological polar surface area (TPSA) is 78.9 Å². The number of carbonyl (C=O) groups excluding carboxylic acids is 1. The van der Waals surface area contributed by atoms with Gasteiger partial charge in [0.25, 0.3) is 0 Å². The Balaban J connectivity index is 1.54. The van der Waals surface area contributed by atoms with Crippen LogP contribution in [-0.2, 0) is 11.2 Å². The number of amides is 2. The summed E-state index contributed by atoms with van der Waals surface area (Å²) < 4.78 is 5.30.